The van der Waals surface area contributed by atoms with Gasteiger partial charge in [-0.05, 0) is 42.5 Å². The summed E-state index contributed by atoms with van der Waals surface area (Å²) >= 11 is 3.36. The van der Waals surface area contributed by atoms with Crippen LogP contribution in [-0.2, 0) is 6.42 Å². The molecule has 1 atom stereocenters. The molecule has 0 aliphatic heterocycles. The van der Waals surface area contributed by atoms with Gasteiger partial charge in [0, 0.05) is 17.1 Å². The number of nitrogens with one attached hydrogen (secondary N) is 1. The molecule has 0 radical (unpaired) electrons. The Kier molecular flexibility index (Phi) is 3.66. The third-order valence-electron chi connectivity index (χ3n) is 2.98. The second-order valence-electron chi connectivity index (χ2n) is 4.23. The predicted octanol–water partition coefficient (Wildman–Crippen LogP) is 3.27. The Morgan fingerprint density at radius 1 is 1.56 bits per heavy atom. The minimum absolute atomic E-state index is 0.365. The molecule has 1 unspecified atom stereocenters. The summed E-state index contributed by atoms with van der Waals surface area (Å²) in [5.74, 6) is 0.365. The van der Waals surface area contributed by atoms with Crippen LogP contribution in [0.4, 0.5) is 0 Å². The summed E-state index contributed by atoms with van der Waals surface area (Å²) in [5, 5.41) is 12.9. The summed E-state index contributed by atoms with van der Waals surface area (Å²) < 4.78 is 0.971. The molecule has 1 aliphatic rings. The van der Waals surface area contributed by atoms with Crippen molar-refractivity contribution in [2.24, 2.45) is 0 Å². The molecule has 2 rings (SSSR count). The zero-order chi connectivity index (χ0) is 11.5. The van der Waals surface area contributed by atoms with E-state index in [0.29, 0.717) is 11.8 Å². The van der Waals surface area contributed by atoms with Crippen LogP contribution in [0.3, 0.4) is 0 Å². The van der Waals surface area contributed by atoms with Gasteiger partial charge in [-0.1, -0.05) is 28.6 Å². The van der Waals surface area contributed by atoms with E-state index in [1.54, 1.807) is 6.07 Å². The monoisotopic (exact) mass is 281 g/mol. The van der Waals surface area contributed by atoms with Crippen molar-refractivity contribution >= 4 is 15.9 Å². The van der Waals surface area contributed by atoms with Crippen LogP contribution < -0.4 is 5.32 Å². The van der Waals surface area contributed by atoms with Gasteiger partial charge in [0.1, 0.15) is 5.75 Å². The third-order valence-corrected chi connectivity index (χ3v) is 3.26. The van der Waals surface area contributed by atoms with Crippen molar-refractivity contribution in [1.82, 2.24) is 5.32 Å². The molecule has 86 valence electrons. The maximum absolute atomic E-state index is 9.45. The number of benzene rings is 1. The fourth-order valence-corrected chi connectivity index (χ4v) is 2.41. The molecule has 2 nitrogen and oxygen atoms in total. The number of aryl methyl sites for hydroxylation is 1. The first-order valence-corrected chi connectivity index (χ1v) is 6.34. The lowest BCUT2D eigenvalue weighted by molar-refractivity contribution is 0.460. The first-order valence-electron chi connectivity index (χ1n) is 5.55. The second kappa shape index (κ2) is 5.02. The summed E-state index contributed by atoms with van der Waals surface area (Å²) in [5.41, 5.74) is 2.58. The SMILES string of the molecule is C=C(Br)CNC1CCCc2cc(O)ccc21. The first kappa shape index (κ1) is 11.7. The van der Waals surface area contributed by atoms with E-state index in [1.165, 1.54) is 17.5 Å². The van der Waals surface area contributed by atoms with E-state index in [1.807, 2.05) is 12.1 Å². The van der Waals surface area contributed by atoms with E-state index in [2.05, 4.69) is 27.8 Å². The minimum atomic E-state index is 0.365. The van der Waals surface area contributed by atoms with Gasteiger partial charge in [0.25, 0.3) is 0 Å². The predicted molar refractivity (Wildman–Crippen MR) is 69.9 cm³/mol. The van der Waals surface area contributed by atoms with Crippen LogP contribution in [0, 0.1) is 0 Å². The molecule has 0 fully saturated rings. The average molecular weight is 282 g/mol. The third kappa shape index (κ3) is 2.66. The molecule has 0 saturated heterocycles. The summed E-state index contributed by atoms with van der Waals surface area (Å²) in [6, 6.07) is 6.06. The summed E-state index contributed by atoms with van der Waals surface area (Å²) in [7, 11) is 0. The number of fused-ring (bicyclic) bond motifs is 1. The van der Waals surface area contributed by atoms with Crippen molar-refractivity contribution < 1.29 is 5.11 Å². The maximum atomic E-state index is 9.45. The molecule has 0 amide bonds. The van der Waals surface area contributed by atoms with Crippen LogP contribution in [0.2, 0.25) is 0 Å². The topological polar surface area (TPSA) is 32.3 Å². The van der Waals surface area contributed by atoms with Crippen molar-refractivity contribution in [3.05, 3.63) is 40.4 Å². The Bertz CT molecular complexity index is 403. The highest BCUT2D eigenvalue weighted by Gasteiger charge is 2.19. The minimum Gasteiger partial charge on any atom is -0.508 e. The Hall–Kier alpha value is -0.800. The maximum Gasteiger partial charge on any atom is 0.115 e. The van der Waals surface area contributed by atoms with Crippen molar-refractivity contribution in [3.8, 4) is 5.75 Å². The van der Waals surface area contributed by atoms with Gasteiger partial charge < -0.3 is 10.4 Å². The smallest absolute Gasteiger partial charge is 0.115 e. The first-order chi connectivity index (χ1) is 7.66. The number of aromatic hydroxyl groups is 1. The zero-order valence-electron chi connectivity index (χ0n) is 9.17. The van der Waals surface area contributed by atoms with E-state index < -0.39 is 0 Å². The molecule has 16 heavy (non-hydrogen) atoms. The molecular weight excluding hydrogens is 266 g/mol. The lowest BCUT2D eigenvalue weighted by Crippen LogP contribution is -2.26. The van der Waals surface area contributed by atoms with Gasteiger partial charge >= 0.3 is 0 Å². The van der Waals surface area contributed by atoms with Gasteiger partial charge in [-0.2, -0.15) is 0 Å². The highest BCUT2D eigenvalue weighted by atomic mass is 79.9. The highest BCUT2D eigenvalue weighted by Crippen LogP contribution is 2.31. The summed E-state index contributed by atoms with van der Waals surface area (Å²) in [4.78, 5) is 0. The number of halogens is 1. The van der Waals surface area contributed by atoms with E-state index in [4.69, 9.17) is 0 Å². The number of hydrogen-bond acceptors (Lipinski definition) is 2. The Labute approximate surface area is 105 Å². The van der Waals surface area contributed by atoms with Crippen LogP contribution in [-0.4, -0.2) is 11.7 Å². The lowest BCUT2D eigenvalue weighted by atomic mass is 9.87. The number of rotatable bonds is 3. The molecule has 1 aliphatic carbocycles. The molecule has 2 N–H and O–H groups in total. The summed E-state index contributed by atoms with van der Waals surface area (Å²) in [6.07, 6.45) is 3.39. The van der Waals surface area contributed by atoms with E-state index in [-0.39, 0.29) is 0 Å². The molecule has 0 saturated carbocycles. The van der Waals surface area contributed by atoms with E-state index in [9.17, 15) is 5.11 Å². The standard InChI is InChI=1S/C13H16BrNO/c1-9(14)8-15-13-4-2-3-10-7-11(16)5-6-12(10)13/h5-7,13,15-16H,1-4,8H2. The fraction of sp³-hybridized carbons (Fsp3) is 0.385. The Morgan fingerprint density at radius 2 is 2.38 bits per heavy atom. The van der Waals surface area contributed by atoms with Crippen LogP contribution in [0.15, 0.2) is 29.3 Å². The largest absolute Gasteiger partial charge is 0.508 e. The number of phenolic OH excluding ortho intramolecular Hbond substituents is 1. The quantitative estimate of drug-likeness (QED) is 0.891. The van der Waals surface area contributed by atoms with Crippen molar-refractivity contribution in [1.29, 1.82) is 0 Å². The van der Waals surface area contributed by atoms with Crippen molar-refractivity contribution in [2.75, 3.05) is 6.54 Å². The van der Waals surface area contributed by atoms with Gasteiger partial charge in [0.15, 0.2) is 0 Å². The average Bonchev–Trinajstić information content (AvgIpc) is 2.25. The number of phenols is 1. The normalized spacial score (nSPS) is 19.2. The van der Waals surface area contributed by atoms with Gasteiger partial charge in [0.05, 0.1) is 0 Å². The lowest BCUT2D eigenvalue weighted by Gasteiger charge is -2.26. The zero-order valence-corrected chi connectivity index (χ0v) is 10.8. The van der Waals surface area contributed by atoms with Crippen LogP contribution in [0.25, 0.3) is 0 Å². The molecule has 0 bridgehead atoms. The van der Waals surface area contributed by atoms with Crippen LogP contribution in [0.5, 0.6) is 5.75 Å². The van der Waals surface area contributed by atoms with E-state index in [0.717, 1.165) is 23.9 Å². The van der Waals surface area contributed by atoms with E-state index >= 15 is 0 Å². The van der Waals surface area contributed by atoms with Gasteiger partial charge in [-0.25, -0.2) is 0 Å². The van der Waals surface area contributed by atoms with Crippen molar-refractivity contribution in [2.45, 2.75) is 25.3 Å². The molecule has 1 aromatic carbocycles. The van der Waals surface area contributed by atoms with Gasteiger partial charge in [0.2, 0.25) is 0 Å². The number of hydrogen-bond donors (Lipinski definition) is 2. The Balaban J connectivity index is 2.16. The molecule has 0 spiro atoms. The molecule has 3 heteroatoms. The molecular formula is C13H16BrNO. The Morgan fingerprint density at radius 3 is 3.12 bits per heavy atom. The summed E-state index contributed by atoms with van der Waals surface area (Å²) in [6.45, 7) is 4.61. The molecule has 1 aromatic rings. The fourth-order valence-electron chi connectivity index (χ4n) is 2.25. The van der Waals surface area contributed by atoms with Crippen LogP contribution >= 0.6 is 15.9 Å². The second-order valence-corrected chi connectivity index (χ2v) is 5.35. The molecule has 0 heterocycles. The van der Waals surface area contributed by atoms with Gasteiger partial charge in [-0.15, -0.1) is 0 Å². The van der Waals surface area contributed by atoms with Crippen LogP contribution in [0.1, 0.15) is 30.0 Å². The highest BCUT2D eigenvalue weighted by molar-refractivity contribution is 9.11. The molecule has 0 aromatic heterocycles. The van der Waals surface area contributed by atoms with Gasteiger partial charge in [-0.3, -0.25) is 0 Å². The van der Waals surface area contributed by atoms with Crippen molar-refractivity contribution in [3.63, 3.8) is 0 Å².